The lowest BCUT2D eigenvalue weighted by atomic mass is 9.57. The number of fused-ring (bicyclic) bond motifs is 5. The number of imide groups is 1. The molecule has 17 nitrogen and oxygen atoms in total. The highest BCUT2D eigenvalue weighted by Gasteiger charge is 2.50. The maximum Gasteiger partial charge on any atom is 0.410 e. The molecule has 1 spiro atoms. The predicted molar refractivity (Wildman–Crippen MR) is 310 cm³/mol. The van der Waals surface area contributed by atoms with E-state index in [-0.39, 0.29) is 83.1 Å². The van der Waals surface area contributed by atoms with Crippen LogP contribution in [0.3, 0.4) is 0 Å². The average molecular weight is 1160 g/mol. The van der Waals surface area contributed by atoms with Gasteiger partial charge in [-0.3, -0.25) is 29.5 Å². The monoisotopic (exact) mass is 1160 g/mol. The third-order valence-corrected chi connectivity index (χ3v) is 19.5. The van der Waals surface area contributed by atoms with Crippen LogP contribution >= 0.6 is 0 Å². The summed E-state index contributed by atoms with van der Waals surface area (Å²) in [4.78, 5) is 73.9. The van der Waals surface area contributed by atoms with E-state index in [1.165, 1.54) is 38.2 Å². The second kappa shape index (κ2) is 21.9. The van der Waals surface area contributed by atoms with Crippen LogP contribution in [0, 0.1) is 34.2 Å². The second-order valence-electron chi connectivity index (χ2n) is 26.3. The second-order valence-corrected chi connectivity index (χ2v) is 26.3. The Bertz CT molecular complexity index is 3430. The number of methoxy groups -OCH3 is 1. The molecule has 2 aliphatic carbocycles. The molecule has 20 heteroatoms. The summed E-state index contributed by atoms with van der Waals surface area (Å²) in [5.74, 6) is -1.80. The summed E-state index contributed by atoms with van der Waals surface area (Å²) in [6, 6.07) is 12.4. The minimum atomic E-state index is -0.926. The third-order valence-electron chi connectivity index (χ3n) is 19.5. The highest BCUT2D eigenvalue weighted by atomic mass is 19.1. The number of likely N-dealkylation sites (tertiary alicyclic amines) is 1. The number of benzene rings is 4. The van der Waals surface area contributed by atoms with Crippen LogP contribution < -0.4 is 24.6 Å². The van der Waals surface area contributed by atoms with Crippen molar-refractivity contribution in [3.63, 3.8) is 0 Å². The maximum atomic E-state index is 17.8. The van der Waals surface area contributed by atoms with Crippen LogP contribution in [-0.4, -0.2) is 163 Å². The fraction of sp³-hybridized carbons (Fsp3) is 0.562. The number of amides is 4. The number of piperidine rings is 2. The molecule has 2 bridgehead atoms. The highest BCUT2D eigenvalue weighted by Crippen LogP contribution is 2.54. The van der Waals surface area contributed by atoms with Crippen LogP contribution in [0.1, 0.15) is 113 Å². The molecular weight excluding hydrogens is 1080 g/mol. The van der Waals surface area contributed by atoms with Gasteiger partial charge in [-0.2, -0.15) is 9.97 Å². The first-order valence-electron chi connectivity index (χ1n) is 30.3. The number of nitrogens with one attached hydrogen (secondary N) is 1. The van der Waals surface area contributed by atoms with Crippen LogP contribution in [0.4, 0.5) is 29.5 Å². The molecule has 7 heterocycles. The largest absolute Gasteiger partial charge is 0.468 e. The molecule has 6 aliphatic heterocycles. The molecule has 0 radical (unpaired) electrons. The lowest BCUT2D eigenvalue weighted by Gasteiger charge is -2.54. The summed E-state index contributed by atoms with van der Waals surface area (Å²) in [6.07, 6.45) is 8.75. The van der Waals surface area contributed by atoms with Gasteiger partial charge in [0.25, 0.3) is 5.91 Å². The molecule has 4 aromatic carbocycles. The van der Waals surface area contributed by atoms with Crippen LogP contribution in [-0.2, 0) is 32.0 Å². The Balaban J connectivity index is 0.666. The number of hydrogen-bond acceptors (Lipinski definition) is 14. The Kier molecular flexibility index (Phi) is 14.7. The van der Waals surface area contributed by atoms with Crippen molar-refractivity contribution in [3.8, 4) is 22.9 Å². The molecule has 3 atom stereocenters. The fourth-order valence-electron chi connectivity index (χ4n) is 15.1. The van der Waals surface area contributed by atoms with Crippen LogP contribution in [0.5, 0.6) is 11.8 Å². The van der Waals surface area contributed by atoms with Gasteiger partial charge in [-0.25, -0.2) is 18.0 Å². The molecule has 1 N–H and O–H groups in total. The number of halogens is 3. The van der Waals surface area contributed by atoms with Crippen molar-refractivity contribution in [2.45, 2.75) is 129 Å². The van der Waals surface area contributed by atoms with Crippen molar-refractivity contribution in [3.05, 3.63) is 82.7 Å². The lowest BCUT2D eigenvalue weighted by molar-refractivity contribution is -0.136. The summed E-state index contributed by atoms with van der Waals surface area (Å²) in [5.41, 5.74) is 2.21. The van der Waals surface area contributed by atoms with Crippen molar-refractivity contribution < 1.29 is 51.3 Å². The quantitative estimate of drug-likeness (QED) is 0.0780. The number of ether oxygens (including phenoxy) is 4. The van der Waals surface area contributed by atoms with E-state index < -0.39 is 35.0 Å². The molecule has 5 aromatic rings. The number of aryl methyl sites for hydroxylation is 1. The van der Waals surface area contributed by atoms with Crippen LogP contribution in [0.25, 0.3) is 32.8 Å². The number of rotatable bonds is 15. The minimum Gasteiger partial charge on any atom is -0.468 e. The standard InChI is InChI=1S/C64H76F3N9O8/c1-6-45-49(65)12-7-39-26-44(83-37-81-5)27-47(53(39)45)54-50(66)28-48-56(55(54)67)69-60(70-57(48)74-33-42-8-9-43(34-74)76(42)61(80)84-62(2,3)4)82-36-64(15-16-64)35-72-19-17-63(18-20-72)29-38(30-63)31-71-21-23-73(24-22-71)41-10-11-46-40(25-41)32-75(59(46)79)51-13-14-52(77)68-58(51)78/h7,10-12,25-28,38,42-43,51H,6,8-9,13-24,29-37H2,1-5H3,(H,68,77,78)/t42?,43?,51-/m0/s1. The normalized spacial score (nSPS) is 23.4. The summed E-state index contributed by atoms with van der Waals surface area (Å²) < 4.78 is 74.0. The van der Waals surface area contributed by atoms with Gasteiger partial charge in [-0.05, 0) is 179 Å². The summed E-state index contributed by atoms with van der Waals surface area (Å²) >= 11 is 0. The van der Waals surface area contributed by atoms with Gasteiger partial charge >= 0.3 is 12.1 Å². The third kappa shape index (κ3) is 10.8. The Morgan fingerprint density at radius 2 is 1.56 bits per heavy atom. The number of carbonyl (C=O) groups is 4. The van der Waals surface area contributed by atoms with Crippen molar-refractivity contribution in [1.29, 1.82) is 0 Å². The van der Waals surface area contributed by atoms with E-state index in [1.807, 2.05) is 42.7 Å². The minimum absolute atomic E-state index is 0.00925. The van der Waals surface area contributed by atoms with Gasteiger partial charge in [0.15, 0.2) is 12.6 Å². The molecule has 2 unspecified atom stereocenters. The van der Waals surface area contributed by atoms with Gasteiger partial charge in [0.1, 0.15) is 40.4 Å². The van der Waals surface area contributed by atoms with Crippen molar-refractivity contribution in [2.24, 2.45) is 16.7 Å². The van der Waals surface area contributed by atoms with Crippen molar-refractivity contribution >= 4 is 57.0 Å². The zero-order valence-corrected chi connectivity index (χ0v) is 48.9. The Hall–Kier alpha value is -6.77. The van der Waals surface area contributed by atoms with Gasteiger partial charge < -0.3 is 38.5 Å². The highest BCUT2D eigenvalue weighted by molar-refractivity contribution is 6.06. The zero-order chi connectivity index (χ0) is 58.4. The summed E-state index contributed by atoms with van der Waals surface area (Å²) in [6.45, 7) is 16.5. The zero-order valence-electron chi connectivity index (χ0n) is 48.9. The van der Waals surface area contributed by atoms with E-state index in [0.29, 0.717) is 77.5 Å². The lowest BCUT2D eigenvalue weighted by Crippen LogP contribution is -2.57. The number of aromatic nitrogens is 2. The van der Waals surface area contributed by atoms with Gasteiger partial charge in [-0.1, -0.05) is 13.0 Å². The Labute approximate surface area is 488 Å². The SMILES string of the molecule is CCc1c(F)ccc2cc(OCOC)cc(-c3c(F)cc4c(N5CC6CCC(C5)N6C(=O)OC(C)(C)C)nc(OCC5(CN6CCC7(CC6)CC(CN6CCN(c8ccc9c(c8)CN([C@H]8CCC(=O)NC8=O)C9=O)CC6)C7)CC5)nc4c3F)c12. The van der Waals surface area contributed by atoms with Gasteiger partial charge in [-0.15, -0.1) is 0 Å². The molecule has 2 saturated carbocycles. The predicted octanol–water partition coefficient (Wildman–Crippen LogP) is 9.23. The maximum absolute atomic E-state index is 17.8. The van der Waals surface area contributed by atoms with E-state index in [0.717, 1.165) is 102 Å². The van der Waals surface area contributed by atoms with E-state index in [4.69, 9.17) is 28.9 Å². The molecule has 5 saturated heterocycles. The molecule has 446 valence electrons. The van der Waals surface area contributed by atoms with Crippen molar-refractivity contribution in [2.75, 3.05) is 95.8 Å². The number of anilines is 2. The summed E-state index contributed by atoms with van der Waals surface area (Å²) in [7, 11) is 1.48. The molecule has 8 aliphatic rings. The van der Waals surface area contributed by atoms with E-state index in [2.05, 4.69) is 26.1 Å². The van der Waals surface area contributed by atoms with Gasteiger partial charge in [0.05, 0.1) is 24.3 Å². The summed E-state index contributed by atoms with van der Waals surface area (Å²) in [5, 5.41) is 3.49. The molecule has 1 aromatic heterocycles. The Morgan fingerprint density at radius 3 is 2.25 bits per heavy atom. The smallest absolute Gasteiger partial charge is 0.410 e. The fourth-order valence-corrected chi connectivity index (χ4v) is 15.1. The first-order valence-corrected chi connectivity index (χ1v) is 30.3. The van der Waals surface area contributed by atoms with Gasteiger partial charge in [0.2, 0.25) is 11.8 Å². The number of piperazine rings is 2. The number of nitrogens with zero attached hydrogens (tertiary/aromatic N) is 8. The molecule has 84 heavy (non-hydrogen) atoms. The number of carbonyl (C=O) groups excluding carboxylic acids is 4. The molecule has 4 amide bonds. The van der Waals surface area contributed by atoms with Crippen molar-refractivity contribution in [1.82, 2.24) is 34.9 Å². The van der Waals surface area contributed by atoms with E-state index >= 15 is 13.2 Å². The average Bonchev–Trinajstić information content (AvgIpc) is 1.53. The van der Waals surface area contributed by atoms with Gasteiger partial charge in [0, 0.05) is 94.5 Å². The topological polar surface area (TPSA) is 162 Å². The van der Waals surface area contributed by atoms with E-state index in [1.54, 1.807) is 24.0 Å². The Morgan fingerprint density at radius 1 is 0.810 bits per heavy atom. The first kappa shape index (κ1) is 56.4. The van der Waals surface area contributed by atoms with Crippen LogP contribution in [0.2, 0.25) is 0 Å². The van der Waals surface area contributed by atoms with Crippen LogP contribution in [0.15, 0.2) is 48.5 Å². The first-order chi connectivity index (χ1) is 40.4. The number of hydrogen-bond donors (Lipinski definition) is 1. The molecule has 7 fully saturated rings. The molecule has 13 rings (SSSR count). The molecular formula is C64H76F3N9O8. The van der Waals surface area contributed by atoms with E-state index in [9.17, 15) is 19.2 Å².